The van der Waals surface area contributed by atoms with Gasteiger partial charge < -0.3 is 9.88 Å². The number of benzene rings is 1. The Morgan fingerprint density at radius 3 is 2.52 bits per heavy atom. The smallest absolute Gasteiger partial charge is 0.242 e. The topological polar surface area (TPSA) is 97.2 Å². The van der Waals surface area contributed by atoms with Crippen LogP contribution >= 0.6 is 11.8 Å². The van der Waals surface area contributed by atoms with Crippen LogP contribution in [0.4, 0.5) is 5.69 Å². The van der Waals surface area contributed by atoms with Crippen molar-refractivity contribution in [1.29, 1.82) is 0 Å². The number of anilines is 1. The molecule has 1 fully saturated rings. The number of nitrogens with zero attached hydrogens (tertiary/aromatic N) is 4. The van der Waals surface area contributed by atoms with E-state index in [1.807, 2.05) is 0 Å². The fourth-order valence-corrected chi connectivity index (χ4v) is 4.71. The number of thioether (sulfide) groups is 1. The fraction of sp³-hybridized carbons (Fsp3) is 0.526. The summed E-state index contributed by atoms with van der Waals surface area (Å²) >= 11 is 1.37. The highest BCUT2D eigenvalue weighted by atomic mass is 32.2. The molecule has 10 heteroatoms. The summed E-state index contributed by atoms with van der Waals surface area (Å²) in [5.41, 5.74) is 0.442. The molecule has 1 N–H and O–H groups in total. The zero-order chi connectivity index (χ0) is 21.3. The molecule has 1 aromatic heterocycles. The highest BCUT2D eigenvalue weighted by Crippen LogP contribution is 2.40. The maximum atomic E-state index is 12.7. The Hall–Kier alpha value is -1.91. The number of aromatic nitrogens is 3. The third-order valence-electron chi connectivity index (χ3n) is 4.65. The van der Waals surface area contributed by atoms with Gasteiger partial charge in [0.2, 0.25) is 15.9 Å². The molecule has 2 aromatic rings. The van der Waals surface area contributed by atoms with Gasteiger partial charge in [-0.05, 0) is 38.0 Å². The largest absolute Gasteiger partial charge is 0.325 e. The lowest BCUT2D eigenvalue weighted by atomic mass is 10.2. The second-order valence-corrected chi connectivity index (χ2v) is 11.1. The molecule has 1 heterocycles. The first-order chi connectivity index (χ1) is 13.6. The lowest BCUT2D eigenvalue weighted by molar-refractivity contribution is -0.115. The van der Waals surface area contributed by atoms with E-state index in [-0.39, 0.29) is 16.7 Å². The lowest BCUT2D eigenvalue weighted by Crippen LogP contribution is -2.24. The molecule has 8 nitrogen and oxygen atoms in total. The molecular formula is C19H27N5O3S2. The minimum atomic E-state index is -3.56. The molecule has 1 atom stereocenters. The van der Waals surface area contributed by atoms with E-state index in [1.54, 1.807) is 19.1 Å². The number of sulfonamides is 1. The summed E-state index contributed by atoms with van der Waals surface area (Å²) in [5, 5.41) is 11.8. The lowest BCUT2D eigenvalue weighted by Gasteiger charge is -2.15. The second kappa shape index (κ2) is 8.45. The Labute approximate surface area is 176 Å². The monoisotopic (exact) mass is 437 g/mol. The van der Waals surface area contributed by atoms with Crippen LogP contribution < -0.4 is 5.32 Å². The Morgan fingerprint density at radius 2 is 1.93 bits per heavy atom. The average molecular weight is 438 g/mol. The van der Waals surface area contributed by atoms with Crippen molar-refractivity contribution in [3.63, 3.8) is 0 Å². The maximum absolute atomic E-state index is 12.7. The van der Waals surface area contributed by atoms with Crippen LogP contribution in [0.1, 0.15) is 51.4 Å². The van der Waals surface area contributed by atoms with Crippen molar-refractivity contribution in [2.24, 2.45) is 0 Å². The van der Waals surface area contributed by atoms with Gasteiger partial charge in [-0.1, -0.05) is 31.7 Å². The predicted molar refractivity (Wildman–Crippen MR) is 114 cm³/mol. The number of hydrogen-bond acceptors (Lipinski definition) is 6. The molecule has 3 rings (SSSR count). The molecular weight excluding hydrogens is 410 g/mol. The van der Waals surface area contributed by atoms with Gasteiger partial charge in [0, 0.05) is 31.7 Å². The van der Waals surface area contributed by atoms with Gasteiger partial charge in [0.1, 0.15) is 5.82 Å². The summed E-state index contributed by atoms with van der Waals surface area (Å²) in [5.74, 6) is 0.998. The highest BCUT2D eigenvalue weighted by Gasteiger charge is 2.31. The van der Waals surface area contributed by atoms with Crippen LogP contribution in [-0.2, 0) is 14.8 Å². The fourth-order valence-electron chi connectivity index (χ4n) is 2.84. The van der Waals surface area contributed by atoms with Gasteiger partial charge in [-0.3, -0.25) is 4.79 Å². The van der Waals surface area contributed by atoms with Gasteiger partial charge in [0.15, 0.2) is 5.16 Å². The normalized spacial score (nSPS) is 15.7. The van der Waals surface area contributed by atoms with Gasteiger partial charge in [-0.25, -0.2) is 12.7 Å². The van der Waals surface area contributed by atoms with E-state index >= 15 is 0 Å². The summed E-state index contributed by atoms with van der Waals surface area (Å²) in [6, 6.07) is 6.69. The Balaban J connectivity index is 1.73. The molecule has 1 aliphatic rings. The number of rotatable bonds is 8. The van der Waals surface area contributed by atoms with Gasteiger partial charge in [0.25, 0.3) is 0 Å². The molecule has 0 spiro atoms. The van der Waals surface area contributed by atoms with Crippen LogP contribution in [0.2, 0.25) is 0 Å². The van der Waals surface area contributed by atoms with E-state index in [2.05, 4.69) is 33.9 Å². The van der Waals surface area contributed by atoms with Crippen molar-refractivity contribution in [1.82, 2.24) is 19.1 Å². The summed E-state index contributed by atoms with van der Waals surface area (Å²) in [4.78, 5) is 12.8. The van der Waals surface area contributed by atoms with Gasteiger partial charge in [-0.2, -0.15) is 0 Å². The molecule has 1 aliphatic carbocycles. The Bertz CT molecular complexity index is 997. The van der Waals surface area contributed by atoms with Crippen molar-refractivity contribution in [2.45, 2.75) is 60.9 Å². The van der Waals surface area contributed by atoms with E-state index in [1.165, 1.54) is 38.0 Å². The Kier molecular flexibility index (Phi) is 6.35. The average Bonchev–Trinajstić information content (AvgIpc) is 3.41. The second-order valence-electron chi connectivity index (χ2n) is 7.66. The molecule has 0 radical (unpaired) electrons. The quantitative estimate of drug-likeness (QED) is 0.638. The molecule has 1 amide bonds. The van der Waals surface area contributed by atoms with Crippen LogP contribution in [-0.4, -0.2) is 52.7 Å². The number of nitrogens with one attached hydrogen (secondary N) is 1. The predicted octanol–water partition coefficient (Wildman–Crippen LogP) is 3.11. The van der Waals surface area contributed by atoms with Crippen LogP contribution in [0.25, 0.3) is 0 Å². The van der Waals surface area contributed by atoms with E-state index in [4.69, 9.17) is 0 Å². The minimum absolute atomic E-state index is 0.135. The summed E-state index contributed by atoms with van der Waals surface area (Å²) in [6.07, 6.45) is 2.22. The summed E-state index contributed by atoms with van der Waals surface area (Å²) < 4.78 is 27.9. The standard InChI is InChI=1S/C19H27N5O3S2/c1-12(2)17-21-22-19(24(17)15-9-10-15)28-13(3)18(25)20-14-7-6-8-16(11-14)29(26,27)23(4)5/h6-8,11-13,15H,9-10H2,1-5H3,(H,20,25)/t13-/m1/s1. The highest BCUT2D eigenvalue weighted by molar-refractivity contribution is 8.00. The minimum Gasteiger partial charge on any atom is -0.325 e. The Morgan fingerprint density at radius 1 is 1.24 bits per heavy atom. The van der Waals surface area contributed by atoms with Crippen LogP contribution in [0.3, 0.4) is 0 Å². The van der Waals surface area contributed by atoms with Crippen molar-refractivity contribution >= 4 is 33.4 Å². The van der Waals surface area contributed by atoms with Gasteiger partial charge >= 0.3 is 0 Å². The van der Waals surface area contributed by atoms with Gasteiger partial charge in [-0.15, -0.1) is 10.2 Å². The van der Waals surface area contributed by atoms with E-state index in [0.717, 1.165) is 28.1 Å². The first-order valence-corrected chi connectivity index (χ1v) is 11.9. The molecule has 158 valence electrons. The number of carbonyl (C=O) groups is 1. The third-order valence-corrected chi connectivity index (χ3v) is 7.52. The van der Waals surface area contributed by atoms with Crippen LogP contribution in [0, 0.1) is 0 Å². The first kappa shape index (κ1) is 21.8. The molecule has 0 unspecified atom stereocenters. The van der Waals surface area contributed by atoms with E-state index in [0.29, 0.717) is 11.7 Å². The zero-order valence-corrected chi connectivity index (χ0v) is 18.9. The van der Waals surface area contributed by atoms with Crippen molar-refractivity contribution in [2.75, 3.05) is 19.4 Å². The summed E-state index contributed by atoms with van der Waals surface area (Å²) in [6.45, 7) is 5.98. The van der Waals surface area contributed by atoms with Crippen molar-refractivity contribution in [3.8, 4) is 0 Å². The summed E-state index contributed by atoms with van der Waals surface area (Å²) in [7, 11) is -0.617. The third kappa shape index (κ3) is 4.81. The molecule has 0 saturated heterocycles. The SMILES string of the molecule is CC(C)c1nnc(S[C@H](C)C(=O)Nc2cccc(S(=O)(=O)N(C)C)c2)n1C1CC1. The number of hydrogen-bond donors (Lipinski definition) is 1. The molecule has 0 aliphatic heterocycles. The van der Waals surface area contributed by atoms with Crippen molar-refractivity contribution in [3.05, 3.63) is 30.1 Å². The molecule has 0 bridgehead atoms. The number of carbonyl (C=O) groups excluding carboxylic acids is 1. The number of amides is 1. The molecule has 1 saturated carbocycles. The van der Waals surface area contributed by atoms with Gasteiger partial charge in [0.05, 0.1) is 10.1 Å². The maximum Gasteiger partial charge on any atom is 0.242 e. The molecule has 29 heavy (non-hydrogen) atoms. The molecule has 1 aromatic carbocycles. The van der Waals surface area contributed by atoms with Crippen molar-refractivity contribution < 1.29 is 13.2 Å². The van der Waals surface area contributed by atoms with Crippen LogP contribution in [0.15, 0.2) is 34.3 Å². The first-order valence-electron chi connectivity index (χ1n) is 9.56. The van der Waals surface area contributed by atoms with E-state index < -0.39 is 15.3 Å². The van der Waals surface area contributed by atoms with E-state index in [9.17, 15) is 13.2 Å². The van der Waals surface area contributed by atoms with Crippen LogP contribution in [0.5, 0.6) is 0 Å². The zero-order valence-electron chi connectivity index (χ0n) is 17.3.